The summed E-state index contributed by atoms with van der Waals surface area (Å²) in [6.45, 7) is 2.65. The summed E-state index contributed by atoms with van der Waals surface area (Å²) in [5, 5.41) is 0. The van der Waals surface area contributed by atoms with Gasteiger partial charge in [0.05, 0.1) is 5.56 Å². The molecule has 0 aromatic heterocycles. The highest BCUT2D eigenvalue weighted by molar-refractivity contribution is 9.10. The van der Waals surface area contributed by atoms with Crippen LogP contribution in [0, 0.1) is 0 Å². The summed E-state index contributed by atoms with van der Waals surface area (Å²) in [6, 6.07) is 8.02. The molecule has 3 nitrogen and oxygen atoms in total. The van der Waals surface area contributed by atoms with E-state index >= 15 is 0 Å². The maximum atomic E-state index is 12.6. The first-order chi connectivity index (χ1) is 8.65. The van der Waals surface area contributed by atoms with Crippen molar-refractivity contribution >= 4 is 21.8 Å². The molecule has 1 amide bonds. The van der Waals surface area contributed by atoms with Gasteiger partial charge in [-0.3, -0.25) is 4.79 Å². The molecule has 0 aliphatic carbocycles. The summed E-state index contributed by atoms with van der Waals surface area (Å²) in [4.78, 5) is 14.6. The highest BCUT2D eigenvalue weighted by Crippen LogP contribution is 2.26. The lowest BCUT2D eigenvalue weighted by Crippen LogP contribution is -2.51. The van der Waals surface area contributed by atoms with Crippen molar-refractivity contribution in [2.24, 2.45) is 5.73 Å². The fourth-order valence-corrected chi connectivity index (χ4v) is 3.11. The van der Waals surface area contributed by atoms with Crippen LogP contribution in [0.15, 0.2) is 28.7 Å². The summed E-state index contributed by atoms with van der Waals surface area (Å²) in [5.41, 5.74) is 6.53. The Morgan fingerprint density at radius 2 is 2.17 bits per heavy atom. The van der Waals surface area contributed by atoms with Crippen LogP contribution in [0.1, 0.15) is 36.5 Å². The Balaban J connectivity index is 2.28. The van der Waals surface area contributed by atoms with E-state index in [-0.39, 0.29) is 18.0 Å². The zero-order valence-electron chi connectivity index (χ0n) is 10.6. The van der Waals surface area contributed by atoms with Crippen molar-refractivity contribution in [2.75, 3.05) is 6.54 Å². The van der Waals surface area contributed by atoms with E-state index in [0.29, 0.717) is 6.54 Å². The van der Waals surface area contributed by atoms with Gasteiger partial charge >= 0.3 is 0 Å². The Kier molecular flexibility index (Phi) is 4.40. The molecule has 0 radical (unpaired) electrons. The Morgan fingerprint density at radius 3 is 2.83 bits per heavy atom. The average Bonchev–Trinajstić information content (AvgIpc) is 2.38. The molecule has 4 heteroatoms. The Morgan fingerprint density at radius 1 is 1.44 bits per heavy atom. The third kappa shape index (κ3) is 2.59. The Labute approximate surface area is 116 Å². The van der Waals surface area contributed by atoms with E-state index in [1.807, 2.05) is 29.2 Å². The minimum atomic E-state index is 0.0881. The molecule has 1 heterocycles. The lowest BCUT2D eigenvalue weighted by Gasteiger charge is -2.40. The monoisotopic (exact) mass is 310 g/mol. The molecule has 1 aromatic rings. The molecule has 0 saturated carbocycles. The SMILES string of the molecule is CC1CCCC(CN)N1C(=O)c1ccccc1Br. The molecule has 18 heavy (non-hydrogen) atoms. The fraction of sp³-hybridized carbons (Fsp3) is 0.500. The number of amides is 1. The predicted octanol–water partition coefficient (Wildman–Crippen LogP) is 2.79. The van der Waals surface area contributed by atoms with Crippen molar-refractivity contribution in [1.29, 1.82) is 0 Å². The fourth-order valence-electron chi connectivity index (χ4n) is 2.66. The van der Waals surface area contributed by atoms with Crippen molar-refractivity contribution in [3.05, 3.63) is 34.3 Å². The number of benzene rings is 1. The summed E-state index contributed by atoms with van der Waals surface area (Å²) in [5.74, 6) is 0.0881. The van der Waals surface area contributed by atoms with Gasteiger partial charge in [-0.2, -0.15) is 0 Å². The van der Waals surface area contributed by atoms with E-state index in [1.165, 1.54) is 0 Å². The van der Waals surface area contributed by atoms with Gasteiger partial charge in [-0.1, -0.05) is 12.1 Å². The maximum absolute atomic E-state index is 12.6. The van der Waals surface area contributed by atoms with E-state index < -0.39 is 0 Å². The standard InChI is InChI=1S/C14H19BrN2O/c1-10-5-4-6-11(9-16)17(10)14(18)12-7-2-3-8-13(12)15/h2-3,7-8,10-11H,4-6,9,16H2,1H3. The number of piperidine rings is 1. The van der Waals surface area contributed by atoms with Crippen molar-refractivity contribution in [1.82, 2.24) is 4.90 Å². The second-order valence-corrected chi connectivity index (χ2v) is 5.72. The molecule has 98 valence electrons. The molecule has 1 aliphatic heterocycles. The number of rotatable bonds is 2. The van der Waals surface area contributed by atoms with E-state index in [2.05, 4.69) is 22.9 Å². The highest BCUT2D eigenvalue weighted by Gasteiger charge is 2.32. The molecule has 2 unspecified atom stereocenters. The average molecular weight is 311 g/mol. The van der Waals surface area contributed by atoms with Gasteiger partial charge in [-0.15, -0.1) is 0 Å². The molecule has 0 bridgehead atoms. The Bertz CT molecular complexity index is 436. The van der Waals surface area contributed by atoms with Gasteiger partial charge in [-0.25, -0.2) is 0 Å². The van der Waals surface area contributed by atoms with Gasteiger partial charge in [0.2, 0.25) is 0 Å². The number of likely N-dealkylation sites (tertiary alicyclic amines) is 1. The van der Waals surface area contributed by atoms with Gasteiger partial charge in [0.1, 0.15) is 0 Å². The van der Waals surface area contributed by atoms with E-state index in [4.69, 9.17) is 5.73 Å². The number of hydrogen-bond acceptors (Lipinski definition) is 2. The lowest BCUT2D eigenvalue weighted by molar-refractivity contribution is 0.0493. The van der Waals surface area contributed by atoms with Crippen LogP contribution in [0.2, 0.25) is 0 Å². The van der Waals surface area contributed by atoms with Crippen LogP contribution in [0.4, 0.5) is 0 Å². The number of hydrogen-bond donors (Lipinski definition) is 1. The van der Waals surface area contributed by atoms with Crippen molar-refractivity contribution < 1.29 is 4.79 Å². The summed E-state index contributed by atoms with van der Waals surface area (Å²) in [6.07, 6.45) is 3.23. The number of carbonyl (C=O) groups is 1. The first-order valence-electron chi connectivity index (χ1n) is 6.42. The third-order valence-corrected chi connectivity index (χ3v) is 4.33. The first kappa shape index (κ1) is 13.6. The molecule has 1 aliphatic rings. The molecular formula is C14H19BrN2O. The zero-order chi connectivity index (χ0) is 13.1. The van der Waals surface area contributed by atoms with Crippen LogP contribution < -0.4 is 5.73 Å². The second kappa shape index (κ2) is 5.85. The number of nitrogens with two attached hydrogens (primary N) is 1. The second-order valence-electron chi connectivity index (χ2n) is 4.86. The minimum absolute atomic E-state index is 0.0881. The first-order valence-corrected chi connectivity index (χ1v) is 7.21. The van der Waals surface area contributed by atoms with Crippen LogP contribution in [-0.2, 0) is 0 Å². The normalized spacial score (nSPS) is 24.1. The molecule has 1 aromatic carbocycles. The molecule has 1 fully saturated rings. The largest absolute Gasteiger partial charge is 0.332 e. The lowest BCUT2D eigenvalue weighted by atomic mass is 9.95. The molecule has 2 rings (SSSR count). The van der Waals surface area contributed by atoms with Crippen molar-refractivity contribution in [3.63, 3.8) is 0 Å². The van der Waals surface area contributed by atoms with Gasteiger partial charge in [-0.05, 0) is 54.2 Å². The van der Waals surface area contributed by atoms with Crippen LogP contribution in [0.25, 0.3) is 0 Å². The van der Waals surface area contributed by atoms with Gasteiger partial charge < -0.3 is 10.6 Å². The van der Waals surface area contributed by atoms with Gasteiger partial charge in [0.15, 0.2) is 0 Å². The maximum Gasteiger partial charge on any atom is 0.255 e. The molecule has 1 saturated heterocycles. The van der Waals surface area contributed by atoms with Crippen LogP contribution in [0.5, 0.6) is 0 Å². The summed E-state index contributed by atoms with van der Waals surface area (Å²) >= 11 is 3.45. The third-order valence-electron chi connectivity index (χ3n) is 3.64. The highest BCUT2D eigenvalue weighted by atomic mass is 79.9. The summed E-state index contributed by atoms with van der Waals surface area (Å²) < 4.78 is 0.851. The van der Waals surface area contributed by atoms with Gasteiger partial charge in [0, 0.05) is 23.1 Å². The number of carbonyl (C=O) groups excluding carboxylic acids is 1. The van der Waals surface area contributed by atoms with E-state index in [9.17, 15) is 4.79 Å². The smallest absolute Gasteiger partial charge is 0.255 e. The minimum Gasteiger partial charge on any atom is -0.332 e. The molecule has 0 spiro atoms. The number of nitrogens with zero attached hydrogens (tertiary/aromatic N) is 1. The molecular weight excluding hydrogens is 292 g/mol. The Hall–Kier alpha value is -0.870. The van der Waals surface area contributed by atoms with Crippen LogP contribution >= 0.6 is 15.9 Å². The van der Waals surface area contributed by atoms with Crippen molar-refractivity contribution in [3.8, 4) is 0 Å². The molecule has 2 N–H and O–H groups in total. The van der Waals surface area contributed by atoms with E-state index in [1.54, 1.807) is 0 Å². The van der Waals surface area contributed by atoms with Crippen LogP contribution in [-0.4, -0.2) is 29.4 Å². The molecule has 2 atom stereocenters. The number of halogens is 1. The predicted molar refractivity (Wildman–Crippen MR) is 76.5 cm³/mol. The van der Waals surface area contributed by atoms with Gasteiger partial charge in [0.25, 0.3) is 5.91 Å². The topological polar surface area (TPSA) is 46.3 Å². The summed E-state index contributed by atoms with van der Waals surface area (Å²) in [7, 11) is 0. The van der Waals surface area contributed by atoms with Crippen LogP contribution in [0.3, 0.4) is 0 Å². The van der Waals surface area contributed by atoms with E-state index in [0.717, 1.165) is 29.3 Å². The zero-order valence-corrected chi connectivity index (χ0v) is 12.2. The quantitative estimate of drug-likeness (QED) is 0.913. The van der Waals surface area contributed by atoms with Crippen molar-refractivity contribution in [2.45, 2.75) is 38.3 Å².